The molecular formula is C13H18N2O3. The van der Waals surface area contributed by atoms with Crippen molar-refractivity contribution in [3.63, 3.8) is 0 Å². The first kappa shape index (κ1) is 14.2. The molecule has 18 heavy (non-hydrogen) atoms. The van der Waals surface area contributed by atoms with Crippen molar-refractivity contribution in [2.75, 3.05) is 31.7 Å². The second-order valence-electron chi connectivity index (χ2n) is 3.71. The lowest BCUT2D eigenvalue weighted by Crippen LogP contribution is -2.24. The molecule has 1 heterocycles. The molecule has 0 spiro atoms. The first-order valence-corrected chi connectivity index (χ1v) is 5.80. The monoisotopic (exact) mass is 250 g/mol. The van der Waals surface area contributed by atoms with E-state index in [0.29, 0.717) is 19.8 Å². The lowest BCUT2D eigenvalue weighted by atomic mass is 10.2. The van der Waals surface area contributed by atoms with Gasteiger partial charge in [0.05, 0.1) is 6.61 Å². The summed E-state index contributed by atoms with van der Waals surface area (Å²) >= 11 is 0. The van der Waals surface area contributed by atoms with Gasteiger partial charge in [-0.05, 0) is 25.1 Å². The Morgan fingerprint density at radius 1 is 1.61 bits per heavy atom. The van der Waals surface area contributed by atoms with Gasteiger partial charge in [-0.3, -0.25) is 0 Å². The van der Waals surface area contributed by atoms with Crippen LogP contribution in [0.5, 0.6) is 0 Å². The standard InChI is InChI=1S/C13H18N2O3/c1-3-18-10-9-15(2)13-11(5-4-8-14-13)6-7-12(16)17/h4-8H,3,9-10H2,1-2H3,(H,16,17)/b7-6+. The van der Waals surface area contributed by atoms with Gasteiger partial charge in [0, 0.05) is 38.0 Å². The number of anilines is 1. The number of ether oxygens (including phenoxy) is 1. The Labute approximate surface area is 107 Å². The highest BCUT2D eigenvalue weighted by molar-refractivity contribution is 5.86. The van der Waals surface area contributed by atoms with Gasteiger partial charge in [-0.1, -0.05) is 0 Å². The van der Waals surface area contributed by atoms with Crippen molar-refractivity contribution in [3.05, 3.63) is 30.0 Å². The maximum absolute atomic E-state index is 10.5. The number of rotatable bonds is 7. The molecule has 5 heteroatoms. The molecule has 0 bridgehead atoms. The second-order valence-corrected chi connectivity index (χ2v) is 3.71. The second kappa shape index (κ2) is 7.45. The van der Waals surface area contributed by atoms with Crippen LogP contribution in [0.15, 0.2) is 24.4 Å². The molecule has 0 saturated carbocycles. The van der Waals surface area contributed by atoms with E-state index >= 15 is 0 Å². The maximum Gasteiger partial charge on any atom is 0.328 e. The van der Waals surface area contributed by atoms with Crippen molar-refractivity contribution in [2.24, 2.45) is 0 Å². The van der Waals surface area contributed by atoms with E-state index in [0.717, 1.165) is 17.5 Å². The van der Waals surface area contributed by atoms with E-state index < -0.39 is 5.97 Å². The average Bonchev–Trinajstić information content (AvgIpc) is 2.37. The van der Waals surface area contributed by atoms with Crippen LogP contribution >= 0.6 is 0 Å². The minimum absolute atomic E-state index is 0.617. The molecule has 1 aromatic heterocycles. The summed E-state index contributed by atoms with van der Waals surface area (Å²) in [5, 5.41) is 8.64. The molecule has 0 aliphatic heterocycles. The first-order chi connectivity index (χ1) is 8.65. The molecule has 0 amide bonds. The van der Waals surface area contributed by atoms with E-state index in [1.54, 1.807) is 18.3 Å². The molecule has 98 valence electrons. The van der Waals surface area contributed by atoms with Gasteiger partial charge >= 0.3 is 5.97 Å². The fourth-order valence-corrected chi connectivity index (χ4v) is 1.47. The molecule has 0 aromatic carbocycles. The lowest BCUT2D eigenvalue weighted by molar-refractivity contribution is -0.131. The van der Waals surface area contributed by atoms with Crippen LogP contribution in [0.25, 0.3) is 6.08 Å². The number of nitrogens with zero attached hydrogens (tertiary/aromatic N) is 2. The molecule has 0 radical (unpaired) electrons. The highest BCUT2D eigenvalue weighted by Crippen LogP contribution is 2.16. The summed E-state index contributed by atoms with van der Waals surface area (Å²) in [7, 11) is 1.90. The molecule has 0 saturated heterocycles. The zero-order valence-electron chi connectivity index (χ0n) is 10.7. The highest BCUT2D eigenvalue weighted by Gasteiger charge is 2.06. The van der Waals surface area contributed by atoms with E-state index in [4.69, 9.17) is 9.84 Å². The van der Waals surface area contributed by atoms with Gasteiger partial charge in [0.2, 0.25) is 0 Å². The van der Waals surface area contributed by atoms with Gasteiger partial charge in [0.15, 0.2) is 0 Å². The van der Waals surface area contributed by atoms with E-state index in [9.17, 15) is 4.79 Å². The summed E-state index contributed by atoms with van der Waals surface area (Å²) in [6.45, 7) is 3.95. The van der Waals surface area contributed by atoms with E-state index in [-0.39, 0.29) is 0 Å². The number of hydrogen-bond donors (Lipinski definition) is 1. The summed E-state index contributed by atoms with van der Waals surface area (Å²) in [6.07, 6.45) is 4.34. The van der Waals surface area contributed by atoms with Crippen LogP contribution in [-0.2, 0) is 9.53 Å². The fourth-order valence-electron chi connectivity index (χ4n) is 1.47. The number of pyridine rings is 1. The molecule has 0 aliphatic rings. The topological polar surface area (TPSA) is 62.7 Å². The van der Waals surface area contributed by atoms with Crippen LogP contribution in [0.2, 0.25) is 0 Å². The van der Waals surface area contributed by atoms with Crippen molar-refractivity contribution in [3.8, 4) is 0 Å². The lowest BCUT2D eigenvalue weighted by Gasteiger charge is -2.19. The van der Waals surface area contributed by atoms with Crippen molar-refractivity contribution in [1.82, 2.24) is 4.98 Å². The molecule has 0 fully saturated rings. The van der Waals surface area contributed by atoms with Crippen molar-refractivity contribution >= 4 is 17.9 Å². The number of hydrogen-bond acceptors (Lipinski definition) is 4. The number of likely N-dealkylation sites (N-methyl/N-ethyl adjacent to an activating group) is 1. The molecule has 0 aliphatic carbocycles. The van der Waals surface area contributed by atoms with E-state index in [1.165, 1.54) is 0 Å². The number of carbonyl (C=O) groups is 1. The van der Waals surface area contributed by atoms with Gasteiger partial charge in [-0.25, -0.2) is 9.78 Å². The summed E-state index contributed by atoms with van der Waals surface area (Å²) in [5.74, 6) is -0.225. The van der Waals surface area contributed by atoms with Crippen LogP contribution in [0, 0.1) is 0 Å². The molecule has 0 unspecified atom stereocenters. The van der Waals surface area contributed by atoms with E-state index in [1.807, 2.05) is 24.9 Å². The number of carboxylic acid groups (broad SMARTS) is 1. The minimum atomic E-state index is -0.971. The van der Waals surface area contributed by atoms with Gasteiger partial charge in [-0.15, -0.1) is 0 Å². The Bertz CT molecular complexity index is 418. The molecular weight excluding hydrogens is 232 g/mol. The third kappa shape index (κ3) is 4.55. The van der Waals surface area contributed by atoms with Crippen molar-refractivity contribution < 1.29 is 14.6 Å². The summed E-state index contributed by atoms with van der Waals surface area (Å²) in [5.41, 5.74) is 0.777. The van der Waals surface area contributed by atoms with Crippen molar-refractivity contribution in [1.29, 1.82) is 0 Å². The Hall–Kier alpha value is -1.88. The zero-order valence-corrected chi connectivity index (χ0v) is 10.7. The normalized spacial score (nSPS) is 10.8. The predicted molar refractivity (Wildman–Crippen MR) is 70.7 cm³/mol. The molecule has 1 aromatic rings. The third-order valence-electron chi connectivity index (χ3n) is 2.36. The van der Waals surface area contributed by atoms with Gasteiger partial charge in [-0.2, -0.15) is 0 Å². The smallest absolute Gasteiger partial charge is 0.328 e. The van der Waals surface area contributed by atoms with Gasteiger partial charge < -0.3 is 14.7 Å². The third-order valence-corrected chi connectivity index (χ3v) is 2.36. The quantitative estimate of drug-likeness (QED) is 0.589. The fraction of sp³-hybridized carbons (Fsp3) is 0.385. The Morgan fingerprint density at radius 2 is 2.39 bits per heavy atom. The number of carboxylic acids is 1. The minimum Gasteiger partial charge on any atom is -0.478 e. The molecule has 0 atom stereocenters. The number of aliphatic carboxylic acids is 1. The highest BCUT2D eigenvalue weighted by atomic mass is 16.5. The van der Waals surface area contributed by atoms with Crippen molar-refractivity contribution in [2.45, 2.75) is 6.92 Å². The SMILES string of the molecule is CCOCCN(C)c1ncccc1/C=C/C(=O)O. The van der Waals surface area contributed by atoms with Crippen LogP contribution in [0.3, 0.4) is 0 Å². The number of aromatic nitrogens is 1. The van der Waals surface area contributed by atoms with Crippen LogP contribution in [0.1, 0.15) is 12.5 Å². The molecule has 1 rings (SSSR count). The zero-order chi connectivity index (χ0) is 13.4. The maximum atomic E-state index is 10.5. The van der Waals surface area contributed by atoms with E-state index in [2.05, 4.69) is 4.98 Å². The molecule has 5 nitrogen and oxygen atoms in total. The Balaban J connectivity index is 2.77. The van der Waals surface area contributed by atoms with Crippen LogP contribution < -0.4 is 4.90 Å². The Morgan fingerprint density at radius 3 is 3.06 bits per heavy atom. The van der Waals surface area contributed by atoms with Gasteiger partial charge in [0.1, 0.15) is 5.82 Å². The molecule has 1 N–H and O–H groups in total. The largest absolute Gasteiger partial charge is 0.478 e. The van der Waals surface area contributed by atoms with Gasteiger partial charge in [0.25, 0.3) is 0 Å². The average molecular weight is 250 g/mol. The first-order valence-electron chi connectivity index (χ1n) is 5.80. The predicted octanol–water partition coefficient (Wildman–Crippen LogP) is 1.65. The summed E-state index contributed by atoms with van der Waals surface area (Å²) in [4.78, 5) is 16.7. The summed E-state index contributed by atoms with van der Waals surface area (Å²) in [6, 6.07) is 3.61. The van der Waals surface area contributed by atoms with Crippen LogP contribution in [0.4, 0.5) is 5.82 Å². The Kier molecular flexibility index (Phi) is 5.87. The van der Waals surface area contributed by atoms with Crippen LogP contribution in [-0.4, -0.2) is 42.9 Å². The summed E-state index contributed by atoms with van der Waals surface area (Å²) < 4.78 is 5.28.